The predicted octanol–water partition coefficient (Wildman–Crippen LogP) is 3.83. The molecule has 2 aliphatic rings. The number of amides is 1. The van der Waals surface area contributed by atoms with Crippen molar-refractivity contribution in [1.29, 1.82) is 0 Å². The molecule has 1 aromatic heterocycles. The van der Waals surface area contributed by atoms with Crippen molar-refractivity contribution in [3.8, 4) is 0 Å². The summed E-state index contributed by atoms with van der Waals surface area (Å²) in [7, 11) is 0. The highest BCUT2D eigenvalue weighted by atomic mass is 35.5. The van der Waals surface area contributed by atoms with Crippen LogP contribution in [-0.4, -0.2) is 46.8 Å². The minimum Gasteiger partial charge on any atom is -0.372 e. The average Bonchev–Trinajstić information content (AvgIpc) is 3.11. The molecule has 0 spiro atoms. The third-order valence-electron chi connectivity index (χ3n) is 5.93. The minimum absolute atomic E-state index is 0. The van der Waals surface area contributed by atoms with E-state index in [4.69, 9.17) is 0 Å². The first kappa shape index (κ1) is 18.8. The summed E-state index contributed by atoms with van der Waals surface area (Å²) in [6, 6.07) is 18.6. The normalized spacial score (nSPS) is 17.5. The maximum Gasteiger partial charge on any atom is 0.272 e. The second-order valence-electron chi connectivity index (χ2n) is 7.61. The molecule has 5 nitrogen and oxygen atoms in total. The van der Waals surface area contributed by atoms with Gasteiger partial charge in [-0.1, -0.05) is 36.4 Å². The number of carbonyl (C=O) groups is 1. The van der Waals surface area contributed by atoms with Crippen molar-refractivity contribution >= 4 is 34.9 Å². The van der Waals surface area contributed by atoms with Crippen LogP contribution >= 0.6 is 12.4 Å². The molecule has 1 saturated heterocycles. The average molecular weight is 397 g/mol. The summed E-state index contributed by atoms with van der Waals surface area (Å²) in [5.74, 6) is 0.718. The van der Waals surface area contributed by atoms with Gasteiger partial charge in [0.05, 0.1) is 12.1 Å². The van der Waals surface area contributed by atoms with Crippen LogP contribution in [0.4, 0.5) is 5.69 Å². The van der Waals surface area contributed by atoms with E-state index in [-0.39, 0.29) is 18.3 Å². The summed E-state index contributed by atoms with van der Waals surface area (Å²) in [4.78, 5) is 17.6. The first-order valence-electron chi connectivity index (χ1n) is 9.84. The number of hydrogen-bond donors (Lipinski definition) is 0. The molecule has 6 heteroatoms. The maximum atomic E-state index is 13.1. The van der Waals surface area contributed by atoms with Crippen LogP contribution in [0.15, 0.2) is 54.6 Å². The highest BCUT2D eigenvalue weighted by Gasteiger charge is 2.30. The van der Waals surface area contributed by atoms with Crippen LogP contribution in [0.5, 0.6) is 0 Å². The number of piperidine rings is 1. The van der Waals surface area contributed by atoms with Crippen LogP contribution < -0.4 is 4.90 Å². The molecule has 3 heterocycles. The number of fused-ring (bicyclic) bond motifs is 3. The summed E-state index contributed by atoms with van der Waals surface area (Å²) in [5.41, 5.74) is 2.98. The van der Waals surface area contributed by atoms with E-state index in [1.807, 2.05) is 33.8 Å². The molecule has 1 fully saturated rings. The molecule has 0 N–H and O–H groups in total. The summed E-state index contributed by atoms with van der Waals surface area (Å²) >= 11 is 0. The van der Waals surface area contributed by atoms with Crippen LogP contribution in [0.3, 0.4) is 0 Å². The van der Waals surface area contributed by atoms with Crippen molar-refractivity contribution in [2.45, 2.75) is 19.4 Å². The highest BCUT2D eigenvalue weighted by Crippen LogP contribution is 2.27. The summed E-state index contributed by atoms with van der Waals surface area (Å²) in [5, 5.41) is 5.57. The molecule has 5 rings (SSSR count). The van der Waals surface area contributed by atoms with Gasteiger partial charge in [-0.2, -0.15) is 5.10 Å². The number of anilines is 1. The fourth-order valence-corrected chi connectivity index (χ4v) is 4.43. The number of carbonyl (C=O) groups excluding carboxylic acids is 1. The van der Waals surface area contributed by atoms with Gasteiger partial charge in [0, 0.05) is 37.3 Å². The predicted molar refractivity (Wildman–Crippen MR) is 114 cm³/mol. The van der Waals surface area contributed by atoms with Gasteiger partial charge in [-0.3, -0.25) is 9.48 Å². The Morgan fingerprint density at radius 3 is 2.39 bits per heavy atom. The Morgan fingerprint density at radius 2 is 1.61 bits per heavy atom. The largest absolute Gasteiger partial charge is 0.372 e. The Bertz CT molecular complexity index is 963. The van der Waals surface area contributed by atoms with Crippen molar-refractivity contribution in [1.82, 2.24) is 14.7 Å². The molecule has 2 aromatic carbocycles. The summed E-state index contributed by atoms with van der Waals surface area (Å²) < 4.78 is 1.89. The number of benzene rings is 2. The first-order chi connectivity index (χ1) is 13.3. The molecule has 2 aliphatic heterocycles. The van der Waals surface area contributed by atoms with E-state index in [0.29, 0.717) is 5.92 Å². The van der Waals surface area contributed by atoms with E-state index >= 15 is 0 Å². The van der Waals surface area contributed by atoms with Crippen LogP contribution in [0.2, 0.25) is 0 Å². The molecule has 0 saturated carbocycles. The lowest BCUT2D eigenvalue weighted by Gasteiger charge is -2.37. The van der Waals surface area contributed by atoms with Gasteiger partial charge in [-0.25, -0.2) is 0 Å². The van der Waals surface area contributed by atoms with E-state index in [1.165, 1.54) is 5.69 Å². The molecule has 146 valence electrons. The smallest absolute Gasteiger partial charge is 0.272 e. The SMILES string of the molecule is Cl.O=C1c2c3ccccc3nn2CCN1CC1CCN(c2ccccc2)CC1. The van der Waals surface area contributed by atoms with Gasteiger partial charge in [0.25, 0.3) is 5.91 Å². The molecule has 0 radical (unpaired) electrons. The fraction of sp³-hybridized carbons (Fsp3) is 0.364. The molecule has 28 heavy (non-hydrogen) atoms. The molecule has 1 amide bonds. The van der Waals surface area contributed by atoms with E-state index < -0.39 is 0 Å². The van der Waals surface area contributed by atoms with Gasteiger partial charge in [0.15, 0.2) is 0 Å². The summed E-state index contributed by atoms with van der Waals surface area (Å²) in [6.07, 6.45) is 2.28. The number of nitrogens with zero attached hydrogens (tertiary/aromatic N) is 4. The first-order valence-corrected chi connectivity index (χ1v) is 9.84. The lowest BCUT2D eigenvalue weighted by molar-refractivity contribution is 0.0660. The zero-order valence-corrected chi connectivity index (χ0v) is 16.6. The van der Waals surface area contributed by atoms with E-state index in [2.05, 4.69) is 40.3 Å². The third-order valence-corrected chi connectivity index (χ3v) is 5.93. The van der Waals surface area contributed by atoms with Crippen LogP contribution in [0.1, 0.15) is 23.3 Å². The number of aromatic nitrogens is 2. The summed E-state index contributed by atoms with van der Waals surface area (Å²) in [6.45, 7) is 4.55. The molecule has 0 aliphatic carbocycles. The Morgan fingerprint density at radius 1 is 0.893 bits per heavy atom. The number of rotatable bonds is 3. The third kappa shape index (κ3) is 3.35. The van der Waals surface area contributed by atoms with Crippen molar-refractivity contribution in [3.05, 3.63) is 60.3 Å². The Hall–Kier alpha value is -2.53. The number of hydrogen-bond acceptors (Lipinski definition) is 3. The van der Waals surface area contributed by atoms with Crippen LogP contribution in [0, 0.1) is 5.92 Å². The molecule has 3 aromatic rings. The molecule has 0 unspecified atom stereocenters. The van der Waals surface area contributed by atoms with Crippen molar-refractivity contribution < 1.29 is 4.79 Å². The van der Waals surface area contributed by atoms with Gasteiger partial charge >= 0.3 is 0 Å². The van der Waals surface area contributed by atoms with Gasteiger partial charge in [0.1, 0.15) is 5.69 Å². The monoisotopic (exact) mass is 396 g/mol. The molecule has 0 atom stereocenters. The van der Waals surface area contributed by atoms with E-state index in [9.17, 15) is 4.79 Å². The Balaban J connectivity index is 0.00000192. The van der Waals surface area contributed by atoms with Crippen molar-refractivity contribution in [2.75, 3.05) is 31.1 Å². The fourth-order valence-electron chi connectivity index (χ4n) is 4.43. The van der Waals surface area contributed by atoms with Gasteiger partial charge in [-0.05, 0) is 37.0 Å². The second-order valence-corrected chi connectivity index (χ2v) is 7.61. The van der Waals surface area contributed by atoms with Crippen molar-refractivity contribution in [2.24, 2.45) is 5.92 Å². The van der Waals surface area contributed by atoms with Crippen LogP contribution in [0.25, 0.3) is 10.9 Å². The highest BCUT2D eigenvalue weighted by molar-refractivity contribution is 6.05. The Labute approximate surface area is 171 Å². The number of para-hydroxylation sites is 1. The lowest BCUT2D eigenvalue weighted by Crippen LogP contribution is -2.45. The maximum absolute atomic E-state index is 13.1. The minimum atomic E-state index is 0. The number of halogens is 1. The van der Waals surface area contributed by atoms with Crippen molar-refractivity contribution in [3.63, 3.8) is 0 Å². The van der Waals surface area contributed by atoms with Gasteiger partial charge < -0.3 is 9.80 Å². The van der Waals surface area contributed by atoms with Gasteiger partial charge in [-0.15, -0.1) is 12.4 Å². The topological polar surface area (TPSA) is 41.4 Å². The quantitative estimate of drug-likeness (QED) is 0.675. The van der Waals surface area contributed by atoms with Gasteiger partial charge in [0.2, 0.25) is 0 Å². The van der Waals surface area contributed by atoms with E-state index in [1.54, 1.807) is 0 Å². The van der Waals surface area contributed by atoms with E-state index in [0.717, 1.165) is 62.2 Å². The molecular formula is C22H25ClN4O. The standard InChI is InChI=1S/C22H24N4O.ClH/c27-22-21-19-8-4-5-9-20(19)23-26(21)15-14-25(22)16-17-10-12-24(13-11-17)18-6-2-1-3-7-18;/h1-9,17H,10-16H2;1H. The molecular weight excluding hydrogens is 372 g/mol. The zero-order valence-electron chi connectivity index (χ0n) is 15.8. The second kappa shape index (κ2) is 7.84. The van der Waals surface area contributed by atoms with Crippen LogP contribution in [-0.2, 0) is 6.54 Å². The zero-order chi connectivity index (χ0) is 18.2. The molecule has 0 bridgehead atoms. The Kier molecular flexibility index (Phi) is 5.27. The lowest BCUT2D eigenvalue weighted by atomic mass is 9.95.